The van der Waals surface area contributed by atoms with E-state index in [4.69, 9.17) is 16.1 Å². The van der Waals surface area contributed by atoms with E-state index >= 15 is 0 Å². The summed E-state index contributed by atoms with van der Waals surface area (Å²) in [6, 6.07) is 6.46. The second-order valence-electron chi connectivity index (χ2n) is 5.58. The number of hydrogen-bond acceptors (Lipinski definition) is 7. The molecule has 9 heteroatoms. The van der Waals surface area contributed by atoms with E-state index in [1.165, 1.54) is 7.11 Å². The number of carbonyl (C=O) groups is 2. The Morgan fingerprint density at radius 3 is 2.92 bits per heavy atom. The number of esters is 1. The highest BCUT2D eigenvalue weighted by Gasteiger charge is 2.33. The highest BCUT2D eigenvalue weighted by Crippen LogP contribution is 2.20. The number of aromatic nitrogens is 2. The molecule has 3 rings (SSSR count). The number of benzene rings is 1. The van der Waals surface area contributed by atoms with E-state index in [1.807, 2.05) is 4.90 Å². The first kappa shape index (κ1) is 17.4. The number of nitrogens with zero attached hydrogens (tertiary/aromatic N) is 3. The highest BCUT2D eigenvalue weighted by atomic mass is 35.5. The molecule has 1 N–H and O–H groups in total. The second kappa shape index (κ2) is 7.62. The molecule has 1 aliphatic rings. The van der Waals surface area contributed by atoms with Gasteiger partial charge in [0.2, 0.25) is 17.6 Å². The van der Waals surface area contributed by atoms with E-state index in [2.05, 4.69) is 20.2 Å². The van der Waals surface area contributed by atoms with Crippen molar-refractivity contribution in [3.8, 4) is 11.4 Å². The predicted octanol–water partition coefficient (Wildman–Crippen LogP) is 1.25. The first-order valence-electron chi connectivity index (χ1n) is 7.74. The number of hydrogen-bond donors (Lipinski definition) is 1. The lowest BCUT2D eigenvalue weighted by Gasteiger charge is -2.33. The Hall–Kier alpha value is -2.45. The molecule has 8 nitrogen and oxygen atoms in total. The van der Waals surface area contributed by atoms with Gasteiger partial charge in [0.25, 0.3) is 0 Å². The summed E-state index contributed by atoms with van der Waals surface area (Å²) < 4.78 is 9.95. The third kappa shape index (κ3) is 4.15. The molecule has 1 aromatic carbocycles. The van der Waals surface area contributed by atoms with Gasteiger partial charge >= 0.3 is 5.97 Å². The Bertz CT molecular complexity index is 762. The number of carbonyl (C=O) groups excluding carboxylic acids is 2. The van der Waals surface area contributed by atoms with Crippen LogP contribution in [0.4, 0.5) is 0 Å². The monoisotopic (exact) mass is 364 g/mol. The van der Waals surface area contributed by atoms with Crippen LogP contribution in [0.5, 0.6) is 0 Å². The third-order valence-corrected chi connectivity index (χ3v) is 4.19. The van der Waals surface area contributed by atoms with E-state index in [-0.39, 0.29) is 18.9 Å². The lowest BCUT2D eigenvalue weighted by molar-refractivity contribution is -0.146. The summed E-state index contributed by atoms with van der Waals surface area (Å²) in [5, 5.41) is 7.32. The van der Waals surface area contributed by atoms with Crippen molar-refractivity contribution < 1.29 is 18.8 Å². The van der Waals surface area contributed by atoms with Crippen molar-refractivity contribution in [2.24, 2.45) is 0 Å². The number of amides is 1. The minimum absolute atomic E-state index is 0.0273. The zero-order valence-electron chi connectivity index (χ0n) is 13.6. The van der Waals surface area contributed by atoms with Crippen LogP contribution in [-0.2, 0) is 20.9 Å². The van der Waals surface area contributed by atoms with Gasteiger partial charge in [-0.15, -0.1) is 0 Å². The number of rotatable bonds is 5. The molecule has 1 aliphatic heterocycles. The molecule has 2 aromatic rings. The van der Waals surface area contributed by atoms with E-state index < -0.39 is 12.0 Å². The molecule has 1 fully saturated rings. The molecule has 1 amide bonds. The Morgan fingerprint density at radius 2 is 2.20 bits per heavy atom. The van der Waals surface area contributed by atoms with E-state index in [0.29, 0.717) is 29.8 Å². The van der Waals surface area contributed by atoms with Crippen LogP contribution in [-0.4, -0.2) is 53.2 Å². The second-order valence-corrected chi connectivity index (χ2v) is 6.01. The van der Waals surface area contributed by atoms with Gasteiger partial charge in [-0.2, -0.15) is 4.98 Å². The molecule has 1 atom stereocenters. The van der Waals surface area contributed by atoms with E-state index in [9.17, 15) is 9.59 Å². The third-order valence-electron chi connectivity index (χ3n) is 3.94. The topological polar surface area (TPSA) is 97.6 Å². The Labute approximate surface area is 149 Å². The molecule has 132 valence electrons. The van der Waals surface area contributed by atoms with Crippen molar-refractivity contribution in [1.82, 2.24) is 20.4 Å². The van der Waals surface area contributed by atoms with Gasteiger partial charge in [0.1, 0.15) is 6.04 Å². The highest BCUT2D eigenvalue weighted by molar-refractivity contribution is 6.30. The van der Waals surface area contributed by atoms with Crippen molar-refractivity contribution in [2.75, 3.05) is 20.2 Å². The van der Waals surface area contributed by atoms with Crippen LogP contribution in [0.15, 0.2) is 28.8 Å². The summed E-state index contributed by atoms with van der Waals surface area (Å²) in [7, 11) is 1.30. The van der Waals surface area contributed by atoms with Gasteiger partial charge < -0.3 is 14.6 Å². The van der Waals surface area contributed by atoms with E-state index in [0.717, 1.165) is 5.56 Å². The lowest BCUT2D eigenvalue weighted by atomic mass is 10.1. The zero-order valence-corrected chi connectivity index (χ0v) is 14.3. The number of piperazine rings is 1. The summed E-state index contributed by atoms with van der Waals surface area (Å²) in [5.41, 5.74) is 0.780. The maximum absolute atomic E-state index is 12.1. The fourth-order valence-electron chi connectivity index (χ4n) is 2.62. The molecular formula is C16H17ClN4O4. The summed E-state index contributed by atoms with van der Waals surface area (Å²) in [6.07, 6.45) is -0.0273. The van der Waals surface area contributed by atoms with E-state index in [1.54, 1.807) is 24.3 Å². The van der Waals surface area contributed by atoms with Gasteiger partial charge in [0.15, 0.2) is 0 Å². The Kier molecular flexibility index (Phi) is 5.30. The molecule has 0 bridgehead atoms. The van der Waals surface area contributed by atoms with Gasteiger partial charge in [0.05, 0.1) is 20.1 Å². The van der Waals surface area contributed by atoms with Gasteiger partial charge in [-0.25, -0.2) is 0 Å². The standard InChI is InChI=1S/C16H17ClN4O4/c1-24-14(22)8-12-16(23)18-6-7-21(12)9-13-19-15(20-25-13)10-2-4-11(17)5-3-10/h2-5,12H,6-9H2,1H3,(H,18,23). The lowest BCUT2D eigenvalue weighted by Crippen LogP contribution is -2.55. The molecule has 0 radical (unpaired) electrons. The maximum atomic E-state index is 12.1. The minimum Gasteiger partial charge on any atom is -0.469 e. The summed E-state index contributed by atoms with van der Waals surface area (Å²) in [4.78, 5) is 29.8. The predicted molar refractivity (Wildman–Crippen MR) is 88.6 cm³/mol. The molecule has 1 saturated heterocycles. The quantitative estimate of drug-likeness (QED) is 0.797. The normalized spacial score (nSPS) is 18.0. The summed E-state index contributed by atoms with van der Waals surface area (Å²) in [5.74, 6) is 0.153. The van der Waals surface area contributed by atoms with Crippen LogP contribution in [0.2, 0.25) is 5.02 Å². The average molecular weight is 365 g/mol. The minimum atomic E-state index is -0.618. The van der Waals surface area contributed by atoms with Gasteiger partial charge in [-0.05, 0) is 24.3 Å². The van der Waals surface area contributed by atoms with Gasteiger partial charge in [0, 0.05) is 23.7 Å². The molecular weight excluding hydrogens is 348 g/mol. The Balaban J connectivity index is 1.73. The SMILES string of the molecule is COC(=O)CC1C(=O)NCCN1Cc1nc(-c2ccc(Cl)cc2)no1. The number of ether oxygens (including phenoxy) is 1. The number of halogens is 1. The molecule has 2 heterocycles. The number of nitrogens with one attached hydrogen (secondary N) is 1. The van der Waals surface area contributed by atoms with Crippen LogP contribution < -0.4 is 5.32 Å². The zero-order chi connectivity index (χ0) is 17.8. The fourth-order valence-corrected chi connectivity index (χ4v) is 2.75. The molecule has 25 heavy (non-hydrogen) atoms. The van der Waals surface area contributed by atoms with Crippen LogP contribution in [0, 0.1) is 0 Å². The summed E-state index contributed by atoms with van der Waals surface area (Å²) >= 11 is 5.87. The van der Waals surface area contributed by atoms with Crippen LogP contribution in [0.1, 0.15) is 12.3 Å². The van der Waals surface area contributed by atoms with Crippen molar-refractivity contribution in [3.63, 3.8) is 0 Å². The van der Waals surface area contributed by atoms with Crippen LogP contribution in [0.25, 0.3) is 11.4 Å². The molecule has 0 aliphatic carbocycles. The average Bonchev–Trinajstić information content (AvgIpc) is 3.07. The molecule has 0 spiro atoms. The van der Waals surface area contributed by atoms with Crippen molar-refractivity contribution in [2.45, 2.75) is 19.0 Å². The Morgan fingerprint density at radius 1 is 1.44 bits per heavy atom. The van der Waals surface area contributed by atoms with Crippen molar-refractivity contribution in [1.29, 1.82) is 0 Å². The fraction of sp³-hybridized carbons (Fsp3) is 0.375. The molecule has 1 unspecified atom stereocenters. The first-order chi connectivity index (χ1) is 12.1. The maximum Gasteiger partial charge on any atom is 0.307 e. The van der Waals surface area contributed by atoms with Crippen molar-refractivity contribution in [3.05, 3.63) is 35.2 Å². The van der Waals surface area contributed by atoms with Gasteiger partial charge in [-0.3, -0.25) is 14.5 Å². The number of methoxy groups -OCH3 is 1. The smallest absolute Gasteiger partial charge is 0.307 e. The summed E-state index contributed by atoms with van der Waals surface area (Å²) in [6.45, 7) is 1.34. The van der Waals surface area contributed by atoms with Gasteiger partial charge in [-0.1, -0.05) is 16.8 Å². The van der Waals surface area contributed by atoms with Crippen LogP contribution in [0.3, 0.4) is 0 Å². The van der Waals surface area contributed by atoms with Crippen molar-refractivity contribution >= 4 is 23.5 Å². The first-order valence-corrected chi connectivity index (χ1v) is 8.11. The van der Waals surface area contributed by atoms with Crippen LogP contribution >= 0.6 is 11.6 Å². The molecule has 0 saturated carbocycles. The molecule has 1 aromatic heterocycles. The largest absolute Gasteiger partial charge is 0.469 e.